The van der Waals surface area contributed by atoms with Crippen molar-refractivity contribution >= 4 is 29.0 Å². The van der Waals surface area contributed by atoms with Gasteiger partial charge in [-0.15, -0.1) is 0 Å². The van der Waals surface area contributed by atoms with Gasteiger partial charge in [0.2, 0.25) is 0 Å². The van der Waals surface area contributed by atoms with Crippen molar-refractivity contribution in [3.8, 4) is 5.75 Å². The largest absolute Gasteiger partial charge is 0.487 e. The predicted molar refractivity (Wildman–Crippen MR) is 130 cm³/mol. The molecule has 1 heterocycles. The summed E-state index contributed by atoms with van der Waals surface area (Å²) < 4.78 is 11.2. The monoisotopic (exact) mass is 467 g/mol. The molecular weight excluding hydrogens is 438 g/mol. The van der Waals surface area contributed by atoms with Gasteiger partial charge in [0.1, 0.15) is 12.4 Å². The van der Waals surface area contributed by atoms with E-state index in [4.69, 9.17) is 21.1 Å². The molecule has 0 radical (unpaired) electrons. The molecule has 0 amide bonds. The number of fused-ring (bicyclic) bond motifs is 2. The first kappa shape index (κ1) is 23.4. The van der Waals surface area contributed by atoms with Crippen LogP contribution in [0.25, 0.3) is 0 Å². The number of hydrogen-bond acceptors (Lipinski definition) is 5. The van der Waals surface area contributed by atoms with Crippen molar-refractivity contribution in [1.29, 1.82) is 0 Å². The summed E-state index contributed by atoms with van der Waals surface area (Å²) in [6, 6.07) is 11.4. The second-order valence-corrected chi connectivity index (χ2v) is 9.27. The summed E-state index contributed by atoms with van der Waals surface area (Å²) in [4.78, 5) is 26.8. The average Bonchev–Trinajstić information content (AvgIpc) is 2.84. The fourth-order valence-electron chi connectivity index (χ4n) is 4.78. The van der Waals surface area contributed by atoms with Crippen LogP contribution in [0.15, 0.2) is 49.1 Å². The lowest BCUT2D eigenvalue weighted by Gasteiger charge is -2.39. The lowest BCUT2D eigenvalue weighted by atomic mass is 9.71. The number of nitrogens with zero attached hydrogens (tertiary/aromatic N) is 1. The molecule has 2 aromatic rings. The van der Waals surface area contributed by atoms with Gasteiger partial charge in [0.15, 0.2) is 5.78 Å². The number of ether oxygens (including phenoxy) is 2. The average molecular weight is 468 g/mol. The number of carbonyl (C=O) groups is 2. The van der Waals surface area contributed by atoms with Gasteiger partial charge < -0.3 is 14.4 Å². The van der Waals surface area contributed by atoms with Crippen molar-refractivity contribution < 1.29 is 19.1 Å². The summed E-state index contributed by atoms with van der Waals surface area (Å²) in [6.07, 6.45) is 6.27. The zero-order valence-electron chi connectivity index (χ0n) is 19.0. The zero-order valence-corrected chi connectivity index (χ0v) is 19.8. The second-order valence-electron chi connectivity index (χ2n) is 8.83. The van der Waals surface area contributed by atoms with Gasteiger partial charge in [-0.3, -0.25) is 4.79 Å². The van der Waals surface area contributed by atoms with Crippen LogP contribution in [0.2, 0.25) is 5.02 Å². The SMILES string of the molecule is C=CC(=O)[C@@H]1CC[C@H]1CN1CCCCc2cc(Cl)ccc2COc2ccc(C(=O)OC)cc21. The topological polar surface area (TPSA) is 55.8 Å². The molecule has 2 atom stereocenters. The van der Waals surface area contributed by atoms with E-state index in [-0.39, 0.29) is 23.6 Å². The Labute approximate surface area is 200 Å². The van der Waals surface area contributed by atoms with Gasteiger partial charge in [0.25, 0.3) is 0 Å². The minimum atomic E-state index is -0.379. The van der Waals surface area contributed by atoms with E-state index in [0.717, 1.165) is 67.2 Å². The first-order chi connectivity index (χ1) is 16.0. The normalized spacial score (nSPS) is 20.2. The van der Waals surface area contributed by atoms with Crippen LogP contribution in [0.4, 0.5) is 5.69 Å². The van der Waals surface area contributed by atoms with Crippen molar-refractivity contribution in [3.63, 3.8) is 0 Å². The van der Waals surface area contributed by atoms with E-state index in [1.165, 1.54) is 18.7 Å². The third-order valence-corrected chi connectivity index (χ3v) is 7.07. The lowest BCUT2D eigenvalue weighted by molar-refractivity contribution is -0.122. The molecule has 0 aromatic heterocycles. The van der Waals surface area contributed by atoms with Crippen LogP contribution in [-0.4, -0.2) is 32.0 Å². The Kier molecular flexibility index (Phi) is 7.39. The van der Waals surface area contributed by atoms with Crippen molar-refractivity contribution in [1.82, 2.24) is 0 Å². The Hall–Kier alpha value is -2.79. The van der Waals surface area contributed by atoms with Gasteiger partial charge in [-0.05, 0) is 85.6 Å². The first-order valence-electron chi connectivity index (χ1n) is 11.5. The minimum absolute atomic E-state index is 0.0280. The highest BCUT2D eigenvalue weighted by molar-refractivity contribution is 6.30. The summed E-state index contributed by atoms with van der Waals surface area (Å²) >= 11 is 6.24. The van der Waals surface area contributed by atoms with Crippen LogP contribution < -0.4 is 9.64 Å². The molecule has 0 N–H and O–H groups in total. The number of allylic oxidation sites excluding steroid dienone is 1. The van der Waals surface area contributed by atoms with Crippen molar-refractivity contribution in [3.05, 3.63) is 70.8 Å². The van der Waals surface area contributed by atoms with Gasteiger partial charge >= 0.3 is 5.97 Å². The molecule has 0 bridgehead atoms. The quantitative estimate of drug-likeness (QED) is 0.421. The minimum Gasteiger partial charge on any atom is -0.487 e. The number of carbonyl (C=O) groups excluding carboxylic acids is 2. The fraction of sp³-hybridized carbons (Fsp3) is 0.407. The highest BCUT2D eigenvalue weighted by Crippen LogP contribution is 2.39. The molecule has 1 fully saturated rings. The maximum Gasteiger partial charge on any atom is 0.337 e. The van der Waals surface area contributed by atoms with E-state index in [1.807, 2.05) is 30.3 Å². The number of halogens is 1. The zero-order chi connectivity index (χ0) is 23.4. The van der Waals surface area contributed by atoms with E-state index in [1.54, 1.807) is 6.07 Å². The Bertz CT molecular complexity index is 1050. The van der Waals surface area contributed by atoms with E-state index >= 15 is 0 Å². The van der Waals surface area contributed by atoms with Crippen LogP contribution in [0.5, 0.6) is 5.75 Å². The second kappa shape index (κ2) is 10.4. The molecule has 1 saturated carbocycles. The highest BCUT2D eigenvalue weighted by Gasteiger charge is 2.36. The number of aryl methyl sites for hydroxylation is 1. The molecule has 0 spiro atoms. The fourth-order valence-corrected chi connectivity index (χ4v) is 4.97. The summed E-state index contributed by atoms with van der Waals surface area (Å²) in [5, 5.41) is 0.733. The maximum atomic E-state index is 12.3. The van der Waals surface area contributed by atoms with Crippen molar-refractivity contribution in [2.24, 2.45) is 11.8 Å². The van der Waals surface area contributed by atoms with Crippen LogP contribution >= 0.6 is 11.6 Å². The number of anilines is 1. The van der Waals surface area contributed by atoms with E-state index in [0.29, 0.717) is 12.2 Å². The molecule has 0 saturated heterocycles. The van der Waals surface area contributed by atoms with E-state index < -0.39 is 0 Å². The van der Waals surface area contributed by atoms with Gasteiger partial charge in [0, 0.05) is 24.0 Å². The lowest BCUT2D eigenvalue weighted by Crippen LogP contribution is -2.41. The summed E-state index contributed by atoms with van der Waals surface area (Å²) in [5.74, 6) is 0.759. The van der Waals surface area contributed by atoms with Crippen LogP contribution in [0, 0.1) is 11.8 Å². The molecule has 4 rings (SSSR count). The highest BCUT2D eigenvalue weighted by atomic mass is 35.5. The predicted octanol–water partition coefficient (Wildman–Crippen LogP) is 5.63. The van der Waals surface area contributed by atoms with Gasteiger partial charge in [-0.25, -0.2) is 4.79 Å². The molecular formula is C27H30ClNO4. The third-order valence-electron chi connectivity index (χ3n) is 6.84. The van der Waals surface area contributed by atoms with Crippen LogP contribution in [0.1, 0.15) is 47.2 Å². The standard InChI is InChI=1S/C27H30ClNO4/c1-3-25(30)23-11-8-20(23)16-29-13-5-4-6-18-14-22(28)10-7-21(18)17-33-26-12-9-19(15-24(26)29)27(31)32-2/h3,7,9-10,12,14-15,20,23H,1,4-6,8,11,13,16-17H2,2H3/t20-,23+/m0/s1. The van der Waals surface area contributed by atoms with Crippen LogP contribution in [0.3, 0.4) is 0 Å². The number of methoxy groups -OCH3 is 1. The Morgan fingerprint density at radius 3 is 2.76 bits per heavy atom. The van der Waals surface area contributed by atoms with E-state index in [9.17, 15) is 9.59 Å². The first-order valence-corrected chi connectivity index (χ1v) is 11.9. The summed E-state index contributed by atoms with van der Waals surface area (Å²) in [6.45, 7) is 5.63. The summed E-state index contributed by atoms with van der Waals surface area (Å²) in [5.41, 5.74) is 3.68. The number of esters is 1. The molecule has 2 aromatic carbocycles. The van der Waals surface area contributed by atoms with Gasteiger partial charge in [-0.2, -0.15) is 0 Å². The number of rotatable bonds is 5. The Balaban J connectivity index is 1.67. The molecule has 33 heavy (non-hydrogen) atoms. The van der Waals surface area contributed by atoms with Crippen LogP contribution in [-0.2, 0) is 22.6 Å². The van der Waals surface area contributed by atoms with Gasteiger partial charge in [-0.1, -0.05) is 24.2 Å². The molecule has 174 valence electrons. The van der Waals surface area contributed by atoms with E-state index in [2.05, 4.69) is 11.5 Å². The molecule has 2 aliphatic rings. The molecule has 1 aliphatic carbocycles. The Morgan fingerprint density at radius 2 is 2.03 bits per heavy atom. The number of ketones is 1. The third kappa shape index (κ3) is 5.25. The van der Waals surface area contributed by atoms with Crippen molar-refractivity contribution in [2.75, 3.05) is 25.1 Å². The van der Waals surface area contributed by atoms with Gasteiger partial charge in [0.05, 0.1) is 18.4 Å². The smallest absolute Gasteiger partial charge is 0.337 e. The number of hydrogen-bond donors (Lipinski definition) is 0. The molecule has 6 heteroatoms. The molecule has 1 aliphatic heterocycles. The molecule has 0 unspecified atom stereocenters. The molecule has 5 nitrogen and oxygen atoms in total. The van der Waals surface area contributed by atoms with Crippen molar-refractivity contribution in [2.45, 2.75) is 38.7 Å². The Morgan fingerprint density at radius 1 is 1.18 bits per heavy atom. The maximum absolute atomic E-state index is 12.3. The number of benzene rings is 2. The summed E-state index contributed by atoms with van der Waals surface area (Å²) in [7, 11) is 1.38.